The van der Waals surface area contributed by atoms with Crippen molar-refractivity contribution in [3.63, 3.8) is 0 Å². The maximum absolute atomic E-state index is 13.1. The molecule has 1 aromatic carbocycles. The topological polar surface area (TPSA) is 21.3 Å². The normalized spacial score (nSPS) is 11.6. The largest absolute Gasteiger partial charge is 0.496 e. The molecule has 0 bridgehead atoms. The highest BCUT2D eigenvalue weighted by atomic mass is 19.2. The predicted octanol–water partition coefficient (Wildman–Crippen LogP) is 2.43. The average Bonchev–Trinajstić information content (AvgIpc) is 2.21. The molecule has 0 spiro atoms. The maximum atomic E-state index is 13.1. The minimum absolute atomic E-state index is 0.341. The van der Waals surface area contributed by atoms with Gasteiger partial charge >= 0.3 is 0 Å². The highest BCUT2D eigenvalue weighted by Crippen LogP contribution is 2.31. The van der Waals surface area contributed by atoms with E-state index in [9.17, 15) is 8.78 Å². The Bertz CT molecular complexity index is 364. The number of benzene rings is 1. The Hall–Kier alpha value is -1.16. The number of methoxy groups -OCH3 is 1. The number of hydrogen-bond acceptors (Lipinski definition) is 2. The van der Waals surface area contributed by atoms with Crippen molar-refractivity contribution < 1.29 is 13.5 Å². The molecule has 0 aliphatic carbocycles. The van der Waals surface area contributed by atoms with Gasteiger partial charge in [0.2, 0.25) is 0 Å². The highest BCUT2D eigenvalue weighted by Gasteiger charge is 2.24. The lowest BCUT2D eigenvalue weighted by Crippen LogP contribution is -2.33. The van der Waals surface area contributed by atoms with Crippen LogP contribution >= 0.6 is 0 Å². The van der Waals surface area contributed by atoms with Crippen molar-refractivity contribution in [2.24, 2.45) is 0 Å². The molecule has 2 nitrogen and oxygen atoms in total. The standard InChI is InChI=1S/C11H15F2NO/c1-11(2,14-3)7-5-8(12)9(13)6-10(7)15-4/h5-6,14H,1-4H3. The molecule has 0 radical (unpaired) electrons. The number of hydrogen-bond donors (Lipinski definition) is 1. The fourth-order valence-electron chi connectivity index (χ4n) is 1.32. The van der Waals surface area contributed by atoms with E-state index in [1.807, 2.05) is 13.8 Å². The molecule has 1 rings (SSSR count). The van der Waals surface area contributed by atoms with Gasteiger partial charge < -0.3 is 10.1 Å². The van der Waals surface area contributed by atoms with Crippen molar-refractivity contribution in [1.29, 1.82) is 0 Å². The molecular weight excluding hydrogens is 200 g/mol. The van der Waals surface area contributed by atoms with E-state index in [1.54, 1.807) is 7.05 Å². The third-order valence-corrected chi connectivity index (χ3v) is 2.54. The summed E-state index contributed by atoms with van der Waals surface area (Å²) in [5.74, 6) is -1.43. The molecule has 1 aromatic rings. The lowest BCUT2D eigenvalue weighted by molar-refractivity contribution is 0.366. The van der Waals surface area contributed by atoms with Gasteiger partial charge in [0.15, 0.2) is 11.6 Å². The Morgan fingerprint density at radius 2 is 1.73 bits per heavy atom. The van der Waals surface area contributed by atoms with E-state index < -0.39 is 17.2 Å². The van der Waals surface area contributed by atoms with Crippen molar-refractivity contribution in [2.45, 2.75) is 19.4 Å². The fourth-order valence-corrected chi connectivity index (χ4v) is 1.32. The molecule has 0 heterocycles. The average molecular weight is 215 g/mol. The summed E-state index contributed by atoms with van der Waals surface area (Å²) in [6.07, 6.45) is 0. The minimum Gasteiger partial charge on any atom is -0.496 e. The van der Waals surface area contributed by atoms with Crippen LogP contribution in [-0.4, -0.2) is 14.2 Å². The van der Waals surface area contributed by atoms with Crippen LogP contribution in [0.15, 0.2) is 12.1 Å². The molecule has 15 heavy (non-hydrogen) atoms. The van der Waals surface area contributed by atoms with Crippen LogP contribution in [0.2, 0.25) is 0 Å². The molecular formula is C11H15F2NO. The summed E-state index contributed by atoms with van der Waals surface area (Å²) < 4.78 is 31.1. The Morgan fingerprint density at radius 3 is 2.20 bits per heavy atom. The number of ether oxygens (including phenoxy) is 1. The van der Waals surface area contributed by atoms with Crippen molar-refractivity contribution in [2.75, 3.05) is 14.2 Å². The molecule has 0 aromatic heterocycles. The second kappa shape index (κ2) is 4.14. The Labute approximate surface area is 88.3 Å². The van der Waals surface area contributed by atoms with Crippen molar-refractivity contribution >= 4 is 0 Å². The van der Waals surface area contributed by atoms with E-state index >= 15 is 0 Å². The predicted molar refractivity (Wildman–Crippen MR) is 55.0 cm³/mol. The summed E-state index contributed by atoms with van der Waals surface area (Å²) in [6, 6.07) is 2.22. The SMILES string of the molecule is CNC(C)(C)c1cc(F)c(F)cc1OC. The van der Waals surface area contributed by atoms with Crippen LogP contribution < -0.4 is 10.1 Å². The fraction of sp³-hybridized carbons (Fsp3) is 0.455. The van der Waals surface area contributed by atoms with Crippen LogP contribution in [0.25, 0.3) is 0 Å². The van der Waals surface area contributed by atoms with Gasteiger partial charge in [-0.05, 0) is 27.0 Å². The molecule has 0 fully saturated rings. The van der Waals surface area contributed by atoms with Gasteiger partial charge in [0.25, 0.3) is 0 Å². The first kappa shape index (κ1) is 11.9. The van der Waals surface area contributed by atoms with Crippen LogP contribution in [-0.2, 0) is 5.54 Å². The smallest absolute Gasteiger partial charge is 0.162 e. The second-order valence-electron chi connectivity index (χ2n) is 3.84. The number of rotatable bonds is 3. The molecule has 84 valence electrons. The van der Waals surface area contributed by atoms with E-state index in [0.717, 1.165) is 12.1 Å². The maximum Gasteiger partial charge on any atom is 0.162 e. The van der Waals surface area contributed by atoms with Gasteiger partial charge in [0, 0.05) is 17.2 Å². The van der Waals surface area contributed by atoms with Gasteiger partial charge in [-0.25, -0.2) is 8.78 Å². The van der Waals surface area contributed by atoms with E-state index in [2.05, 4.69) is 5.32 Å². The van der Waals surface area contributed by atoms with E-state index in [0.29, 0.717) is 11.3 Å². The van der Waals surface area contributed by atoms with Crippen LogP contribution in [0.5, 0.6) is 5.75 Å². The Kier molecular flexibility index (Phi) is 3.29. The first-order valence-corrected chi connectivity index (χ1v) is 4.65. The first-order chi connectivity index (χ1) is 6.92. The summed E-state index contributed by atoms with van der Waals surface area (Å²) in [6.45, 7) is 3.73. The zero-order valence-corrected chi connectivity index (χ0v) is 9.32. The highest BCUT2D eigenvalue weighted by molar-refractivity contribution is 5.39. The van der Waals surface area contributed by atoms with Crippen LogP contribution in [0.1, 0.15) is 19.4 Å². The lowest BCUT2D eigenvalue weighted by atomic mass is 9.93. The molecule has 0 saturated heterocycles. The summed E-state index contributed by atoms with van der Waals surface area (Å²) in [5, 5.41) is 3.01. The lowest BCUT2D eigenvalue weighted by Gasteiger charge is -2.26. The zero-order valence-electron chi connectivity index (χ0n) is 9.32. The first-order valence-electron chi connectivity index (χ1n) is 4.65. The van der Waals surface area contributed by atoms with Gasteiger partial charge in [0.05, 0.1) is 7.11 Å². The third kappa shape index (κ3) is 2.26. The molecule has 0 saturated carbocycles. The van der Waals surface area contributed by atoms with Crippen LogP contribution in [0.3, 0.4) is 0 Å². The monoisotopic (exact) mass is 215 g/mol. The van der Waals surface area contributed by atoms with Gasteiger partial charge in [-0.3, -0.25) is 0 Å². The van der Waals surface area contributed by atoms with Crippen molar-refractivity contribution in [3.05, 3.63) is 29.3 Å². The van der Waals surface area contributed by atoms with Gasteiger partial charge in [-0.15, -0.1) is 0 Å². The number of nitrogens with one attached hydrogen (secondary N) is 1. The Morgan fingerprint density at radius 1 is 1.20 bits per heavy atom. The molecule has 1 N–H and O–H groups in total. The molecule has 0 amide bonds. The molecule has 0 aliphatic rings. The summed E-state index contributed by atoms with van der Waals surface area (Å²) >= 11 is 0. The third-order valence-electron chi connectivity index (χ3n) is 2.54. The van der Waals surface area contributed by atoms with E-state index in [4.69, 9.17) is 4.74 Å². The van der Waals surface area contributed by atoms with Crippen LogP contribution in [0, 0.1) is 11.6 Å². The van der Waals surface area contributed by atoms with Gasteiger partial charge in [-0.2, -0.15) is 0 Å². The molecule has 0 unspecified atom stereocenters. The quantitative estimate of drug-likeness (QED) is 0.836. The van der Waals surface area contributed by atoms with E-state index in [-0.39, 0.29) is 0 Å². The van der Waals surface area contributed by atoms with Gasteiger partial charge in [-0.1, -0.05) is 0 Å². The summed E-state index contributed by atoms with van der Waals surface area (Å²) in [4.78, 5) is 0. The summed E-state index contributed by atoms with van der Waals surface area (Å²) in [7, 11) is 3.18. The minimum atomic E-state index is -0.900. The van der Waals surface area contributed by atoms with Crippen molar-refractivity contribution in [1.82, 2.24) is 5.32 Å². The van der Waals surface area contributed by atoms with E-state index in [1.165, 1.54) is 7.11 Å². The van der Waals surface area contributed by atoms with Crippen molar-refractivity contribution in [3.8, 4) is 5.75 Å². The van der Waals surface area contributed by atoms with Gasteiger partial charge in [0.1, 0.15) is 5.75 Å². The van der Waals surface area contributed by atoms with Crippen LogP contribution in [0.4, 0.5) is 8.78 Å². The molecule has 0 aliphatic heterocycles. The molecule has 0 atom stereocenters. The zero-order chi connectivity index (χ0) is 11.6. The number of halogens is 2. The second-order valence-corrected chi connectivity index (χ2v) is 3.84. The summed E-state index contributed by atoms with van der Waals surface area (Å²) in [5.41, 5.74) is 0.117. The molecule has 4 heteroatoms. The Balaban J connectivity index is 3.34.